The Labute approximate surface area is 157 Å². The quantitative estimate of drug-likeness (QED) is 0.808. The van der Waals surface area contributed by atoms with E-state index in [-0.39, 0.29) is 18.4 Å². The van der Waals surface area contributed by atoms with Crippen molar-refractivity contribution in [1.29, 1.82) is 0 Å². The number of rotatable bonds is 2. The summed E-state index contributed by atoms with van der Waals surface area (Å²) >= 11 is 6.01. The van der Waals surface area contributed by atoms with E-state index in [0.717, 1.165) is 35.4 Å². The highest BCUT2D eigenvalue weighted by Gasteiger charge is 2.52. The molecule has 0 radical (unpaired) electrons. The molecule has 1 saturated heterocycles. The highest BCUT2D eigenvalue weighted by Crippen LogP contribution is 2.36. The fourth-order valence-electron chi connectivity index (χ4n) is 4.26. The zero-order valence-electron chi connectivity index (χ0n) is 14.8. The van der Waals surface area contributed by atoms with Crippen LogP contribution in [0.4, 0.5) is 10.5 Å². The molecule has 1 spiro atoms. The van der Waals surface area contributed by atoms with Crippen LogP contribution in [0.1, 0.15) is 38.2 Å². The molecule has 6 nitrogen and oxygen atoms in total. The van der Waals surface area contributed by atoms with Gasteiger partial charge in [0.25, 0.3) is 5.91 Å². The Hall–Kier alpha value is -2.08. The van der Waals surface area contributed by atoms with Crippen molar-refractivity contribution in [3.8, 4) is 0 Å². The van der Waals surface area contributed by atoms with Crippen LogP contribution in [0.25, 0.3) is 0 Å². The van der Waals surface area contributed by atoms with E-state index in [2.05, 4.69) is 12.2 Å². The van der Waals surface area contributed by atoms with Gasteiger partial charge in [-0.2, -0.15) is 0 Å². The predicted molar refractivity (Wildman–Crippen MR) is 98.1 cm³/mol. The number of fused-ring (bicyclic) bond motifs is 1. The number of halogens is 1. The lowest BCUT2D eigenvalue weighted by atomic mass is 9.77. The molecule has 0 atom stereocenters. The first-order valence-corrected chi connectivity index (χ1v) is 9.50. The number of benzene rings is 1. The number of carbonyl (C=O) groups is 3. The van der Waals surface area contributed by atoms with Gasteiger partial charge in [0.15, 0.2) is 0 Å². The summed E-state index contributed by atoms with van der Waals surface area (Å²) < 4.78 is 0. The molecule has 7 heteroatoms. The van der Waals surface area contributed by atoms with E-state index in [1.54, 1.807) is 11.0 Å². The topological polar surface area (TPSA) is 69.7 Å². The largest absolute Gasteiger partial charge is 0.325 e. The van der Waals surface area contributed by atoms with Crippen LogP contribution in [-0.2, 0) is 16.0 Å². The van der Waals surface area contributed by atoms with E-state index in [1.807, 2.05) is 12.1 Å². The standard InChI is InChI=1S/C19H22ClN3O3/c1-12-4-7-19(8-5-12)17(25)23(18(26)21-19)11-16(24)22-9-6-13-10-14(20)2-3-15(13)22/h2-3,10,12H,4-9,11H2,1H3,(H,21,26). The van der Waals surface area contributed by atoms with E-state index in [4.69, 9.17) is 11.6 Å². The molecule has 0 bridgehead atoms. The van der Waals surface area contributed by atoms with Crippen molar-refractivity contribution in [2.45, 2.75) is 44.6 Å². The first-order chi connectivity index (χ1) is 12.4. The Morgan fingerprint density at radius 3 is 2.77 bits per heavy atom. The van der Waals surface area contributed by atoms with E-state index in [9.17, 15) is 14.4 Å². The second-order valence-corrected chi connectivity index (χ2v) is 8.09. The summed E-state index contributed by atoms with van der Waals surface area (Å²) in [5, 5.41) is 3.50. The molecule has 2 fully saturated rings. The molecular weight excluding hydrogens is 354 g/mol. The number of imide groups is 1. The third-order valence-electron chi connectivity index (χ3n) is 5.91. The van der Waals surface area contributed by atoms with Crippen LogP contribution in [0.15, 0.2) is 18.2 Å². The fourth-order valence-corrected chi connectivity index (χ4v) is 4.46. The van der Waals surface area contributed by atoms with Gasteiger partial charge < -0.3 is 10.2 Å². The van der Waals surface area contributed by atoms with Gasteiger partial charge in [0.05, 0.1) is 0 Å². The minimum atomic E-state index is -0.805. The predicted octanol–water partition coefficient (Wildman–Crippen LogP) is 2.73. The van der Waals surface area contributed by atoms with Gasteiger partial charge in [0.1, 0.15) is 12.1 Å². The summed E-state index contributed by atoms with van der Waals surface area (Å²) in [5.41, 5.74) is 1.02. The smallest absolute Gasteiger partial charge is 0.323 e. The number of hydrogen-bond donors (Lipinski definition) is 1. The van der Waals surface area contributed by atoms with Gasteiger partial charge in [-0.3, -0.25) is 14.5 Å². The van der Waals surface area contributed by atoms with Crippen LogP contribution in [0.5, 0.6) is 0 Å². The Morgan fingerprint density at radius 1 is 1.31 bits per heavy atom. The number of carbonyl (C=O) groups excluding carboxylic acids is 3. The summed E-state index contributed by atoms with van der Waals surface area (Å²) in [6.07, 6.45) is 3.84. The SMILES string of the molecule is CC1CCC2(CC1)NC(=O)N(CC(=O)N1CCc3cc(Cl)ccc31)C2=O. The van der Waals surface area contributed by atoms with Crippen molar-refractivity contribution < 1.29 is 14.4 Å². The average molecular weight is 376 g/mol. The maximum atomic E-state index is 12.9. The summed E-state index contributed by atoms with van der Waals surface area (Å²) in [4.78, 5) is 40.8. The molecule has 26 heavy (non-hydrogen) atoms. The normalized spacial score (nSPS) is 27.8. The molecule has 1 aliphatic carbocycles. The molecule has 2 heterocycles. The Kier molecular flexibility index (Phi) is 4.18. The van der Waals surface area contributed by atoms with Crippen LogP contribution in [0.3, 0.4) is 0 Å². The zero-order valence-corrected chi connectivity index (χ0v) is 15.5. The van der Waals surface area contributed by atoms with E-state index in [1.165, 1.54) is 0 Å². The van der Waals surface area contributed by atoms with Crippen LogP contribution in [0.2, 0.25) is 5.02 Å². The lowest BCUT2D eigenvalue weighted by Crippen LogP contribution is -2.50. The first-order valence-electron chi connectivity index (χ1n) is 9.12. The highest BCUT2D eigenvalue weighted by molar-refractivity contribution is 6.30. The highest BCUT2D eigenvalue weighted by atomic mass is 35.5. The lowest BCUT2D eigenvalue weighted by Gasteiger charge is -2.33. The van der Waals surface area contributed by atoms with Crippen molar-refractivity contribution >= 4 is 35.1 Å². The molecule has 1 aromatic carbocycles. The number of amides is 4. The van der Waals surface area contributed by atoms with Crippen molar-refractivity contribution in [2.24, 2.45) is 5.92 Å². The van der Waals surface area contributed by atoms with Gasteiger partial charge >= 0.3 is 6.03 Å². The molecule has 1 saturated carbocycles. The minimum Gasteiger partial charge on any atom is -0.323 e. The first kappa shape index (κ1) is 17.3. The molecule has 1 aromatic rings. The number of hydrogen-bond acceptors (Lipinski definition) is 3. The van der Waals surface area contributed by atoms with E-state index < -0.39 is 11.6 Å². The van der Waals surface area contributed by atoms with Crippen molar-refractivity contribution in [1.82, 2.24) is 10.2 Å². The molecule has 4 amide bonds. The molecule has 0 aromatic heterocycles. The van der Waals surface area contributed by atoms with Crippen LogP contribution in [-0.4, -0.2) is 41.4 Å². The lowest BCUT2D eigenvalue weighted by molar-refractivity contribution is -0.135. The van der Waals surface area contributed by atoms with Gasteiger partial charge in [0.2, 0.25) is 5.91 Å². The molecule has 2 aliphatic heterocycles. The monoisotopic (exact) mass is 375 g/mol. The van der Waals surface area contributed by atoms with Crippen molar-refractivity contribution in [3.05, 3.63) is 28.8 Å². The molecule has 0 unspecified atom stereocenters. The third kappa shape index (κ3) is 2.76. The van der Waals surface area contributed by atoms with Gasteiger partial charge in [-0.05, 0) is 61.8 Å². The summed E-state index contributed by atoms with van der Waals surface area (Å²) in [5.74, 6) is 0.0722. The number of nitrogens with zero attached hydrogens (tertiary/aromatic N) is 2. The van der Waals surface area contributed by atoms with Crippen LogP contribution >= 0.6 is 11.6 Å². The Balaban J connectivity index is 1.49. The molecular formula is C19H22ClN3O3. The summed E-state index contributed by atoms with van der Waals surface area (Å²) in [7, 11) is 0. The Morgan fingerprint density at radius 2 is 2.04 bits per heavy atom. The molecule has 3 aliphatic rings. The van der Waals surface area contributed by atoms with Gasteiger partial charge in [0, 0.05) is 17.3 Å². The molecule has 138 valence electrons. The average Bonchev–Trinajstić information content (AvgIpc) is 3.12. The molecule has 1 N–H and O–H groups in total. The fraction of sp³-hybridized carbons (Fsp3) is 0.526. The van der Waals surface area contributed by atoms with E-state index in [0.29, 0.717) is 30.3 Å². The van der Waals surface area contributed by atoms with Gasteiger partial charge in [-0.25, -0.2) is 4.79 Å². The maximum Gasteiger partial charge on any atom is 0.325 e. The number of anilines is 1. The second kappa shape index (κ2) is 6.27. The van der Waals surface area contributed by atoms with Gasteiger partial charge in [-0.1, -0.05) is 18.5 Å². The number of nitrogens with one attached hydrogen (secondary N) is 1. The summed E-state index contributed by atoms with van der Waals surface area (Å²) in [6.45, 7) is 2.48. The van der Waals surface area contributed by atoms with Crippen LogP contribution in [0, 0.1) is 5.92 Å². The Bertz CT molecular complexity index is 786. The molecule has 4 rings (SSSR count). The summed E-state index contributed by atoms with van der Waals surface area (Å²) in [6, 6.07) is 4.97. The van der Waals surface area contributed by atoms with Crippen LogP contribution < -0.4 is 10.2 Å². The van der Waals surface area contributed by atoms with Gasteiger partial charge in [-0.15, -0.1) is 0 Å². The van der Waals surface area contributed by atoms with E-state index >= 15 is 0 Å². The second-order valence-electron chi connectivity index (χ2n) is 7.65. The van der Waals surface area contributed by atoms with Crippen molar-refractivity contribution in [3.63, 3.8) is 0 Å². The van der Waals surface area contributed by atoms with Crippen molar-refractivity contribution in [2.75, 3.05) is 18.0 Å². The number of urea groups is 1. The third-order valence-corrected chi connectivity index (χ3v) is 6.14. The minimum absolute atomic E-state index is 0.218. The maximum absolute atomic E-state index is 12.9. The zero-order chi connectivity index (χ0) is 18.5.